The second-order valence-electron chi connectivity index (χ2n) is 11.0. The second-order valence-corrected chi connectivity index (χ2v) is 11.0. The number of aryl methyl sites for hydroxylation is 1. The fourth-order valence-corrected chi connectivity index (χ4v) is 5.91. The van der Waals surface area contributed by atoms with E-state index in [1.807, 2.05) is 0 Å². The molecule has 6 aromatic carbocycles. The van der Waals surface area contributed by atoms with Crippen molar-refractivity contribution in [3.05, 3.63) is 186 Å². The van der Waals surface area contributed by atoms with Gasteiger partial charge in [-0.2, -0.15) is 0 Å². The number of para-hydroxylation sites is 3. The van der Waals surface area contributed by atoms with Crippen molar-refractivity contribution in [1.82, 2.24) is 0 Å². The number of allylic oxidation sites excluding steroid dienone is 1. The largest absolute Gasteiger partial charge is 0.311 e. The van der Waals surface area contributed by atoms with Crippen molar-refractivity contribution in [3.63, 3.8) is 0 Å². The highest BCUT2D eigenvalue weighted by Crippen LogP contribution is 2.40. The Morgan fingerprint density at radius 1 is 0.409 bits per heavy atom. The van der Waals surface area contributed by atoms with E-state index in [0.29, 0.717) is 0 Å². The summed E-state index contributed by atoms with van der Waals surface area (Å²) in [6.07, 6.45) is 11.1. The number of hydrogen-bond donors (Lipinski definition) is 0. The lowest BCUT2D eigenvalue weighted by Gasteiger charge is -2.29. The molecule has 1 aliphatic carbocycles. The summed E-state index contributed by atoms with van der Waals surface area (Å²) in [5.74, 6) is 0. The molecule has 0 unspecified atom stereocenters. The van der Waals surface area contributed by atoms with E-state index >= 15 is 0 Å². The average molecular weight is 567 g/mol. The smallest absolute Gasteiger partial charge is 0.0536 e. The molecule has 6 aromatic rings. The van der Waals surface area contributed by atoms with Gasteiger partial charge in [0.05, 0.1) is 5.69 Å². The second kappa shape index (κ2) is 12.7. The number of anilines is 6. The number of fused-ring (bicyclic) bond motifs is 1. The molecule has 0 radical (unpaired) electrons. The van der Waals surface area contributed by atoms with Crippen molar-refractivity contribution >= 4 is 52.4 Å². The molecule has 2 heteroatoms. The zero-order valence-electron chi connectivity index (χ0n) is 24.6. The predicted molar refractivity (Wildman–Crippen MR) is 189 cm³/mol. The molecule has 0 spiro atoms. The first-order valence-corrected chi connectivity index (χ1v) is 15.3. The van der Waals surface area contributed by atoms with Gasteiger partial charge in [0.1, 0.15) is 0 Å². The lowest BCUT2D eigenvalue weighted by atomic mass is 9.95. The van der Waals surface area contributed by atoms with E-state index in [9.17, 15) is 0 Å². The molecule has 0 N–H and O–H groups in total. The van der Waals surface area contributed by atoms with Gasteiger partial charge in [0.15, 0.2) is 0 Å². The minimum Gasteiger partial charge on any atom is -0.311 e. The zero-order chi connectivity index (χ0) is 29.6. The molecule has 0 aliphatic heterocycles. The number of hydrogen-bond acceptors (Lipinski definition) is 2. The Labute approximate surface area is 260 Å². The maximum Gasteiger partial charge on any atom is 0.0536 e. The third kappa shape index (κ3) is 5.84. The van der Waals surface area contributed by atoms with Gasteiger partial charge in [0.2, 0.25) is 0 Å². The highest BCUT2D eigenvalue weighted by molar-refractivity contribution is 5.85. The molecule has 0 bridgehead atoms. The van der Waals surface area contributed by atoms with Crippen molar-refractivity contribution in [3.8, 4) is 0 Å². The van der Waals surface area contributed by atoms with E-state index in [1.54, 1.807) is 0 Å². The molecule has 0 saturated carbocycles. The quantitative estimate of drug-likeness (QED) is 0.169. The molecule has 0 amide bonds. The highest BCUT2D eigenvalue weighted by atomic mass is 15.1. The summed E-state index contributed by atoms with van der Waals surface area (Å²) in [7, 11) is 0. The third-order valence-electron chi connectivity index (χ3n) is 8.09. The third-order valence-corrected chi connectivity index (χ3v) is 8.09. The van der Waals surface area contributed by atoms with Crippen LogP contribution in [0.5, 0.6) is 0 Å². The van der Waals surface area contributed by atoms with Gasteiger partial charge in [0, 0.05) is 34.0 Å². The Hall–Kier alpha value is -5.60. The summed E-state index contributed by atoms with van der Waals surface area (Å²) in [5.41, 5.74) is 12.0. The van der Waals surface area contributed by atoms with Crippen LogP contribution in [0, 0.1) is 0 Å². The number of rotatable bonds is 8. The lowest BCUT2D eigenvalue weighted by molar-refractivity contribution is 0.984. The van der Waals surface area contributed by atoms with Gasteiger partial charge in [-0.25, -0.2) is 0 Å². The van der Waals surface area contributed by atoms with Gasteiger partial charge in [0.25, 0.3) is 0 Å². The molecule has 0 aromatic heterocycles. The summed E-state index contributed by atoms with van der Waals surface area (Å²) in [6.45, 7) is 0. The van der Waals surface area contributed by atoms with Crippen molar-refractivity contribution in [2.45, 2.75) is 12.8 Å². The highest BCUT2D eigenvalue weighted by Gasteiger charge is 2.18. The van der Waals surface area contributed by atoms with Crippen LogP contribution in [0.2, 0.25) is 0 Å². The van der Waals surface area contributed by atoms with Crippen LogP contribution in [0.1, 0.15) is 28.7 Å². The van der Waals surface area contributed by atoms with Crippen LogP contribution >= 0.6 is 0 Å². The normalized spacial score (nSPS) is 12.2. The lowest BCUT2D eigenvalue weighted by Crippen LogP contribution is -2.12. The van der Waals surface area contributed by atoms with E-state index in [-0.39, 0.29) is 0 Å². The molecule has 0 saturated heterocycles. The van der Waals surface area contributed by atoms with Gasteiger partial charge >= 0.3 is 0 Å². The summed E-state index contributed by atoms with van der Waals surface area (Å²) in [6, 6.07) is 55.9. The topological polar surface area (TPSA) is 6.48 Å². The molecular weight excluding hydrogens is 532 g/mol. The standard InChI is InChI=1S/C42H34N2/c1-4-15-36(16-5-1)43(37-17-6-2-7-18-37)39-29-25-33(26-30-39)23-24-34-27-31-40(32-28-34)44(38-19-8-3-9-20-38)42-22-12-14-35-13-10-11-21-41(35)42/h1-9,11-12,14-32H,10,13H2/b24-23+. The maximum atomic E-state index is 2.37. The van der Waals surface area contributed by atoms with Crippen molar-refractivity contribution in [2.75, 3.05) is 9.80 Å². The maximum absolute atomic E-state index is 2.37. The van der Waals surface area contributed by atoms with Crippen LogP contribution in [0.4, 0.5) is 34.1 Å². The number of nitrogens with zero attached hydrogens (tertiary/aromatic N) is 2. The SMILES string of the molecule is C1=Cc2c(cccc2N(c2ccccc2)c2ccc(/C=C/c3ccc(N(c4ccccc4)c4ccccc4)cc3)cc2)CC1. The first kappa shape index (κ1) is 27.2. The zero-order valence-corrected chi connectivity index (χ0v) is 24.6. The molecule has 7 rings (SSSR count). The molecule has 212 valence electrons. The monoisotopic (exact) mass is 566 g/mol. The summed E-state index contributed by atoms with van der Waals surface area (Å²) >= 11 is 0. The van der Waals surface area contributed by atoms with E-state index in [1.165, 1.54) is 16.8 Å². The summed E-state index contributed by atoms with van der Waals surface area (Å²) < 4.78 is 0. The fraction of sp³-hybridized carbons (Fsp3) is 0.0476. The van der Waals surface area contributed by atoms with Crippen LogP contribution in [-0.4, -0.2) is 0 Å². The first-order valence-electron chi connectivity index (χ1n) is 15.3. The van der Waals surface area contributed by atoms with Crippen LogP contribution in [0.25, 0.3) is 18.2 Å². The van der Waals surface area contributed by atoms with Crippen molar-refractivity contribution < 1.29 is 0 Å². The summed E-state index contributed by atoms with van der Waals surface area (Å²) in [5, 5.41) is 0. The molecule has 44 heavy (non-hydrogen) atoms. The van der Waals surface area contributed by atoms with E-state index in [2.05, 4.69) is 192 Å². The van der Waals surface area contributed by atoms with Crippen LogP contribution < -0.4 is 9.80 Å². The van der Waals surface area contributed by atoms with Crippen LogP contribution in [-0.2, 0) is 6.42 Å². The first-order chi connectivity index (χ1) is 21.8. The molecule has 0 fully saturated rings. The molecule has 0 atom stereocenters. The Morgan fingerprint density at radius 3 is 1.39 bits per heavy atom. The number of benzene rings is 6. The van der Waals surface area contributed by atoms with Crippen LogP contribution in [0.3, 0.4) is 0 Å². The van der Waals surface area contributed by atoms with E-state index < -0.39 is 0 Å². The minimum absolute atomic E-state index is 1.09. The van der Waals surface area contributed by atoms with Gasteiger partial charge < -0.3 is 9.80 Å². The fourth-order valence-electron chi connectivity index (χ4n) is 5.91. The predicted octanol–water partition coefficient (Wildman–Crippen LogP) is 11.8. The molecule has 2 nitrogen and oxygen atoms in total. The van der Waals surface area contributed by atoms with Gasteiger partial charge in [-0.3, -0.25) is 0 Å². The Kier molecular flexibility index (Phi) is 7.88. The van der Waals surface area contributed by atoms with E-state index in [4.69, 9.17) is 0 Å². The van der Waals surface area contributed by atoms with E-state index in [0.717, 1.165) is 52.4 Å². The Morgan fingerprint density at radius 2 is 0.864 bits per heavy atom. The van der Waals surface area contributed by atoms with Crippen molar-refractivity contribution in [1.29, 1.82) is 0 Å². The van der Waals surface area contributed by atoms with Gasteiger partial charge in [-0.15, -0.1) is 0 Å². The average Bonchev–Trinajstić information content (AvgIpc) is 3.10. The Balaban J connectivity index is 1.14. The van der Waals surface area contributed by atoms with Gasteiger partial charge in [-0.05, 0) is 96.3 Å². The molecule has 0 heterocycles. The molecule has 1 aliphatic rings. The molecular formula is C42H34N2. The Bertz CT molecular complexity index is 1830. The minimum atomic E-state index is 1.09. The van der Waals surface area contributed by atoms with Crippen LogP contribution in [0.15, 0.2) is 164 Å². The summed E-state index contributed by atoms with van der Waals surface area (Å²) in [4.78, 5) is 4.65. The van der Waals surface area contributed by atoms with Crippen molar-refractivity contribution in [2.24, 2.45) is 0 Å². The van der Waals surface area contributed by atoms with Gasteiger partial charge in [-0.1, -0.05) is 115 Å².